The predicted molar refractivity (Wildman–Crippen MR) is 103 cm³/mol. The number of likely N-dealkylation sites (N-methyl/N-ethyl adjacent to an activating group) is 1. The fourth-order valence-corrected chi connectivity index (χ4v) is 4.88. The highest BCUT2D eigenvalue weighted by Crippen LogP contribution is 2.38. The lowest BCUT2D eigenvalue weighted by Crippen LogP contribution is -2.48. The van der Waals surface area contributed by atoms with Crippen LogP contribution in [0.5, 0.6) is 5.75 Å². The van der Waals surface area contributed by atoms with E-state index < -0.39 is 0 Å². The first kappa shape index (κ1) is 16.7. The molecule has 0 unspecified atom stereocenters. The van der Waals surface area contributed by atoms with Crippen LogP contribution in [-0.4, -0.2) is 57.5 Å². The Morgan fingerprint density at radius 2 is 1.93 bits per heavy atom. The van der Waals surface area contributed by atoms with Gasteiger partial charge in [0.05, 0.1) is 5.56 Å². The zero-order valence-corrected chi connectivity index (χ0v) is 15.9. The van der Waals surface area contributed by atoms with Crippen molar-refractivity contribution in [1.29, 1.82) is 0 Å². The van der Waals surface area contributed by atoms with E-state index >= 15 is 0 Å². The highest BCUT2D eigenvalue weighted by Gasteiger charge is 2.39. The van der Waals surface area contributed by atoms with Crippen LogP contribution in [0, 0.1) is 5.92 Å². The van der Waals surface area contributed by atoms with Gasteiger partial charge in [-0.05, 0) is 62.4 Å². The number of nitrogens with zero attached hydrogens (tertiary/aromatic N) is 5. The lowest BCUT2D eigenvalue weighted by Gasteiger charge is -2.36. The second-order valence-corrected chi connectivity index (χ2v) is 8.17. The summed E-state index contributed by atoms with van der Waals surface area (Å²) in [6, 6.07) is 4.19. The van der Waals surface area contributed by atoms with Gasteiger partial charge in [-0.2, -0.15) is 0 Å². The Bertz CT molecular complexity index is 970. The van der Waals surface area contributed by atoms with Gasteiger partial charge in [0.1, 0.15) is 5.75 Å². The molecule has 0 radical (unpaired) electrons. The van der Waals surface area contributed by atoms with E-state index in [1.807, 2.05) is 12.1 Å². The number of fused-ring (bicyclic) bond motifs is 2. The van der Waals surface area contributed by atoms with Crippen molar-refractivity contribution in [3.05, 3.63) is 33.6 Å². The zero-order chi connectivity index (χ0) is 18.7. The molecular weight excluding hydrogens is 342 g/mol. The van der Waals surface area contributed by atoms with E-state index in [1.54, 1.807) is 7.05 Å². The summed E-state index contributed by atoms with van der Waals surface area (Å²) in [6.45, 7) is 2.94. The third-order valence-corrected chi connectivity index (χ3v) is 6.66. The third-order valence-electron chi connectivity index (χ3n) is 6.66. The Kier molecular flexibility index (Phi) is 3.75. The lowest BCUT2D eigenvalue weighted by molar-refractivity contribution is 0.207. The van der Waals surface area contributed by atoms with Crippen LogP contribution < -0.4 is 10.5 Å². The van der Waals surface area contributed by atoms with Crippen molar-refractivity contribution in [2.75, 3.05) is 31.6 Å². The number of hydrogen-bond donors (Lipinski definition) is 1. The number of likely N-dealkylation sites (tertiary alicyclic amines) is 1. The van der Waals surface area contributed by atoms with Gasteiger partial charge in [0.25, 0.3) is 5.56 Å². The van der Waals surface area contributed by atoms with Gasteiger partial charge < -0.3 is 14.9 Å². The smallest absolute Gasteiger partial charge is 0.296 e. The van der Waals surface area contributed by atoms with Crippen LogP contribution in [0.4, 0.5) is 5.82 Å². The topological polar surface area (TPSA) is 74.5 Å². The van der Waals surface area contributed by atoms with E-state index in [9.17, 15) is 9.90 Å². The molecule has 0 amide bonds. The maximum atomic E-state index is 13.1. The Labute approximate surface area is 158 Å². The minimum atomic E-state index is -0.143. The molecule has 2 aliphatic heterocycles. The van der Waals surface area contributed by atoms with Crippen molar-refractivity contribution in [3.63, 3.8) is 0 Å². The van der Waals surface area contributed by atoms with Crippen molar-refractivity contribution in [2.24, 2.45) is 13.0 Å². The minimum Gasteiger partial charge on any atom is -0.507 e. The molecule has 1 N–H and O–H groups in total. The van der Waals surface area contributed by atoms with E-state index in [-0.39, 0.29) is 11.3 Å². The fourth-order valence-electron chi connectivity index (χ4n) is 4.88. The van der Waals surface area contributed by atoms with Gasteiger partial charge in [0.2, 0.25) is 5.82 Å². The average molecular weight is 367 g/mol. The van der Waals surface area contributed by atoms with Gasteiger partial charge in [0.15, 0.2) is 5.82 Å². The molecule has 2 saturated heterocycles. The number of aromatic nitrogens is 3. The standard InChI is InChI=1S/C20H25N5O2/c1-23-9-7-13-8-10-25(16(13)11-23)19-20(27)24(2)18(21-22-19)15-6-4-12-3-5-14(12)17(15)26/h4,6,13,16,26H,3,5,7-11H2,1-2H3/t13-,16-/m0/s1. The average Bonchev–Trinajstić information content (AvgIpc) is 3.02. The molecule has 3 heterocycles. The van der Waals surface area contributed by atoms with Crippen molar-refractivity contribution >= 4 is 5.82 Å². The Balaban J connectivity index is 1.53. The van der Waals surface area contributed by atoms with E-state index in [1.165, 1.54) is 16.6 Å². The van der Waals surface area contributed by atoms with Crippen molar-refractivity contribution < 1.29 is 5.11 Å². The highest BCUT2D eigenvalue weighted by atomic mass is 16.3. The molecule has 0 saturated carbocycles. The fraction of sp³-hybridized carbons (Fsp3) is 0.550. The normalized spacial score (nSPS) is 24.4. The first-order valence-electron chi connectivity index (χ1n) is 9.77. The molecule has 1 aromatic carbocycles. The number of rotatable bonds is 2. The molecule has 2 aromatic rings. The molecule has 2 atom stereocenters. The van der Waals surface area contributed by atoms with Gasteiger partial charge in [0, 0.05) is 26.2 Å². The maximum absolute atomic E-state index is 13.1. The van der Waals surface area contributed by atoms with Gasteiger partial charge in [-0.3, -0.25) is 9.36 Å². The molecule has 7 heteroatoms. The molecule has 0 bridgehead atoms. The molecule has 1 aliphatic carbocycles. The van der Waals surface area contributed by atoms with Gasteiger partial charge in [-0.25, -0.2) is 0 Å². The molecule has 5 rings (SSSR count). The van der Waals surface area contributed by atoms with Crippen molar-refractivity contribution in [3.8, 4) is 17.1 Å². The Morgan fingerprint density at radius 1 is 1.11 bits per heavy atom. The van der Waals surface area contributed by atoms with Crippen LogP contribution in [0.2, 0.25) is 0 Å². The number of phenols is 1. The van der Waals surface area contributed by atoms with Crippen LogP contribution in [0.1, 0.15) is 24.0 Å². The summed E-state index contributed by atoms with van der Waals surface area (Å²) in [5.41, 5.74) is 2.59. The molecular formula is C20H25N5O2. The Hall–Kier alpha value is -2.41. The molecule has 3 aliphatic rings. The number of anilines is 1. The van der Waals surface area contributed by atoms with Crippen LogP contribution >= 0.6 is 0 Å². The number of aromatic hydroxyl groups is 1. The number of piperidine rings is 1. The third kappa shape index (κ3) is 2.48. The summed E-state index contributed by atoms with van der Waals surface area (Å²) >= 11 is 0. The summed E-state index contributed by atoms with van der Waals surface area (Å²) in [7, 11) is 3.85. The molecule has 142 valence electrons. The molecule has 27 heavy (non-hydrogen) atoms. The summed E-state index contributed by atoms with van der Waals surface area (Å²) in [4.78, 5) is 17.6. The van der Waals surface area contributed by atoms with Crippen molar-refractivity contribution in [1.82, 2.24) is 19.7 Å². The van der Waals surface area contributed by atoms with Crippen molar-refractivity contribution in [2.45, 2.75) is 31.7 Å². The van der Waals surface area contributed by atoms with E-state index in [0.29, 0.717) is 29.2 Å². The van der Waals surface area contributed by atoms with Crippen LogP contribution in [0.15, 0.2) is 16.9 Å². The van der Waals surface area contributed by atoms with E-state index in [2.05, 4.69) is 27.0 Å². The SMILES string of the molecule is CN1CC[C@H]2CCN(c3nnc(-c4ccc5c(c4O)CC5)n(C)c3=O)[C@H]2C1. The van der Waals surface area contributed by atoms with Crippen LogP contribution in [0.25, 0.3) is 11.4 Å². The van der Waals surface area contributed by atoms with E-state index in [0.717, 1.165) is 44.5 Å². The largest absolute Gasteiger partial charge is 0.507 e. The maximum Gasteiger partial charge on any atom is 0.296 e. The molecule has 0 spiro atoms. The monoisotopic (exact) mass is 367 g/mol. The predicted octanol–water partition coefficient (Wildman–Crippen LogP) is 1.18. The first-order chi connectivity index (χ1) is 13.0. The summed E-state index contributed by atoms with van der Waals surface area (Å²) in [6.07, 6.45) is 4.15. The first-order valence-corrected chi connectivity index (χ1v) is 9.77. The zero-order valence-electron chi connectivity index (χ0n) is 15.9. The van der Waals surface area contributed by atoms with E-state index in [4.69, 9.17) is 0 Å². The quantitative estimate of drug-likeness (QED) is 0.859. The summed E-state index contributed by atoms with van der Waals surface area (Å²) in [5, 5.41) is 19.3. The Morgan fingerprint density at radius 3 is 2.70 bits per heavy atom. The number of phenolic OH excluding ortho intramolecular Hbond substituents is 1. The van der Waals surface area contributed by atoms with Crippen LogP contribution in [-0.2, 0) is 19.9 Å². The minimum absolute atomic E-state index is 0.143. The van der Waals surface area contributed by atoms with Gasteiger partial charge in [-0.15, -0.1) is 10.2 Å². The second-order valence-electron chi connectivity index (χ2n) is 8.17. The summed E-state index contributed by atoms with van der Waals surface area (Å²) in [5.74, 6) is 1.73. The molecule has 7 nitrogen and oxygen atoms in total. The van der Waals surface area contributed by atoms with Crippen LogP contribution in [0.3, 0.4) is 0 Å². The second kappa shape index (κ2) is 6.05. The van der Waals surface area contributed by atoms with Gasteiger partial charge in [-0.1, -0.05) is 6.07 Å². The molecule has 2 fully saturated rings. The summed E-state index contributed by atoms with van der Waals surface area (Å²) < 4.78 is 1.53. The lowest BCUT2D eigenvalue weighted by atomic mass is 9.86. The number of aryl methyl sites for hydroxylation is 1. The number of hydrogen-bond acceptors (Lipinski definition) is 6. The van der Waals surface area contributed by atoms with Gasteiger partial charge >= 0.3 is 0 Å². The number of benzene rings is 1. The molecule has 1 aromatic heterocycles. The highest BCUT2D eigenvalue weighted by molar-refractivity contribution is 5.69.